The highest BCUT2D eigenvalue weighted by molar-refractivity contribution is 5.69. The van der Waals surface area contributed by atoms with Crippen LogP contribution in [-0.2, 0) is 9.47 Å². The molecule has 0 aromatic carbocycles. The third kappa shape index (κ3) is 7.50. The van der Waals surface area contributed by atoms with Crippen LogP contribution in [0.5, 0.6) is 0 Å². The average Bonchev–Trinajstić information content (AvgIpc) is 2.35. The smallest absolute Gasteiger partial charge is 0.410 e. The molecule has 1 rings (SSSR count). The first-order valence-electron chi connectivity index (χ1n) is 8.44. The predicted molar refractivity (Wildman–Crippen MR) is 90.6 cm³/mol. The van der Waals surface area contributed by atoms with Gasteiger partial charge in [0.15, 0.2) is 0 Å². The quantitative estimate of drug-likeness (QED) is 0.756. The van der Waals surface area contributed by atoms with Gasteiger partial charge in [-0.2, -0.15) is 0 Å². The van der Waals surface area contributed by atoms with Crippen molar-refractivity contribution in [2.75, 3.05) is 32.8 Å². The number of hydrogen-bond donors (Lipinski definition) is 2. The number of aliphatic hydroxyl groups is 1. The zero-order chi connectivity index (χ0) is 17.7. The first kappa shape index (κ1) is 20.2. The van der Waals surface area contributed by atoms with Crippen LogP contribution >= 0.6 is 0 Å². The number of carbonyl (C=O) groups excluding carboxylic acids is 1. The lowest BCUT2D eigenvalue weighted by atomic mass is 9.94. The molecule has 0 radical (unpaired) electrons. The van der Waals surface area contributed by atoms with E-state index in [0.29, 0.717) is 45.7 Å². The first-order valence-corrected chi connectivity index (χ1v) is 8.44. The predicted octanol–water partition coefficient (Wildman–Crippen LogP) is 2.15. The van der Waals surface area contributed by atoms with Gasteiger partial charge < -0.3 is 24.8 Å². The van der Waals surface area contributed by atoms with E-state index in [1.165, 1.54) is 0 Å². The van der Waals surface area contributed by atoms with Crippen LogP contribution in [-0.4, -0.2) is 65.7 Å². The Bertz CT molecular complexity index is 379. The Morgan fingerprint density at radius 2 is 1.78 bits per heavy atom. The van der Waals surface area contributed by atoms with E-state index in [1.807, 2.05) is 41.5 Å². The van der Waals surface area contributed by atoms with E-state index < -0.39 is 11.2 Å². The van der Waals surface area contributed by atoms with Gasteiger partial charge in [0.1, 0.15) is 5.60 Å². The zero-order valence-corrected chi connectivity index (χ0v) is 15.6. The monoisotopic (exact) mass is 330 g/mol. The standard InChI is InChI=1S/C17H34N2O4/c1-15(2,3)19(14(20)23-16(4,5)6)10-9-18-13-17(21)7-11-22-12-8-17/h18,21H,7-13H2,1-6H3. The number of ether oxygens (including phenoxy) is 2. The van der Waals surface area contributed by atoms with Gasteiger partial charge >= 0.3 is 6.09 Å². The lowest BCUT2D eigenvalue weighted by Crippen LogP contribution is -2.52. The summed E-state index contributed by atoms with van der Waals surface area (Å²) in [6.45, 7) is 14.4. The summed E-state index contributed by atoms with van der Waals surface area (Å²) in [5, 5.41) is 13.7. The highest BCUT2D eigenvalue weighted by atomic mass is 16.6. The highest BCUT2D eigenvalue weighted by Gasteiger charge is 2.31. The Morgan fingerprint density at radius 1 is 1.22 bits per heavy atom. The van der Waals surface area contributed by atoms with Gasteiger partial charge in [0.25, 0.3) is 0 Å². The molecule has 1 aliphatic rings. The molecular weight excluding hydrogens is 296 g/mol. The molecule has 2 N–H and O–H groups in total. The van der Waals surface area contributed by atoms with Crippen LogP contribution in [0.1, 0.15) is 54.4 Å². The van der Waals surface area contributed by atoms with E-state index in [1.54, 1.807) is 4.90 Å². The van der Waals surface area contributed by atoms with Gasteiger partial charge in [0.05, 0.1) is 5.60 Å². The Balaban J connectivity index is 2.47. The third-order valence-corrected chi connectivity index (χ3v) is 3.81. The number of hydrogen-bond acceptors (Lipinski definition) is 5. The van der Waals surface area contributed by atoms with Crippen LogP contribution in [0.25, 0.3) is 0 Å². The van der Waals surface area contributed by atoms with Gasteiger partial charge in [-0.25, -0.2) is 4.79 Å². The zero-order valence-electron chi connectivity index (χ0n) is 15.6. The van der Waals surface area contributed by atoms with Crippen LogP contribution in [0.15, 0.2) is 0 Å². The number of rotatable bonds is 5. The molecule has 0 aromatic heterocycles. The van der Waals surface area contributed by atoms with Crippen molar-refractivity contribution in [3.63, 3.8) is 0 Å². The number of nitrogens with zero attached hydrogens (tertiary/aromatic N) is 1. The van der Waals surface area contributed by atoms with Crippen molar-refractivity contribution in [3.8, 4) is 0 Å². The molecule has 0 aromatic rings. The number of amides is 1. The molecule has 0 atom stereocenters. The summed E-state index contributed by atoms with van der Waals surface area (Å²) < 4.78 is 10.8. The summed E-state index contributed by atoms with van der Waals surface area (Å²) in [5.74, 6) is 0. The van der Waals surface area contributed by atoms with E-state index in [-0.39, 0.29) is 11.6 Å². The molecule has 0 aliphatic carbocycles. The van der Waals surface area contributed by atoms with Gasteiger partial charge in [0, 0.05) is 51.2 Å². The van der Waals surface area contributed by atoms with E-state index in [9.17, 15) is 9.90 Å². The Hall–Kier alpha value is -0.850. The van der Waals surface area contributed by atoms with Crippen molar-refractivity contribution in [2.24, 2.45) is 0 Å². The fourth-order valence-electron chi connectivity index (χ4n) is 2.46. The number of nitrogens with one attached hydrogen (secondary N) is 1. The molecule has 1 fully saturated rings. The average molecular weight is 330 g/mol. The minimum atomic E-state index is -0.698. The van der Waals surface area contributed by atoms with Gasteiger partial charge in [-0.15, -0.1) is 0 Å². The normalized spacial score (nSPS) is 18.6. The van der Waals surface area contributed by atoms with E-state index in [2.05, 4.69) is 5.32 Å². The SMILES string of the molecule is CC(C)(C)OC(=O)N(CCNCC1(O)CCOCC1)C(C)(C)C. The van der Waals surface area contributed by atoms with Crippen molar-refractivity contribution in [1.29, 1.82) is 0 Å². The van der Waals surface area contributed by atoms with Crippen molar-refractivity contribution in [1.82, 2.24) is 10.2 Å². The van der Waals surface area contributed by atoms with E-state index in [4.69, 9.17) is 9.47 Å². The maximum atomic E-state index is 12.4. The number of carbonyl (C=O) groups is 1. The summed E-state index contributed by atoms with van der Waals surface area (Å²) in [4.78, 5) is 14.1. The molecule has 0 saturated carbocycles. The van der Waals surface area contributed by atoms with Crippen molar-refractivity contribution >= 4 is 6.09 Å². The lowest BCUT2D eigenvalue weighted by Gasteiger charge is -2.37. The van der Waals surface area contributed by atoms with Crippen molar-refractivity contribution < 1.29 is 19.4 Å². The van der Waals surface area contributed by atoms with Crippen LogP contribution in [0, 0.1) is 0 Å². The summed E-state index contributed by atoms with van der Waals surface area (Å²) >= 11 is 0. The fourth-order valence-corrected chi connectivity index (χ4v) is 2.46. The molecule has 1 saturated heterocycles. The van der Waals surface area contributed by atoms with Gasteiger partial charge in [-0.3, -0.25) is 0 Å². The molecule has 0 bridgehead atoms. The first-order chi connectivity index (χ1) is 10.4. The second-order valence-corrected chi connectivity index (χ2v) is 8.32. The molecule has 136 valence electrons. The Morgan fingerprint density at radius 3 is 2.26 bits per heavy atom. The van der Waals surface area contributed by atoms with Crippen LogP contribution in [0.4, 0.5) is 4.79 Å². The Labute approximate surface area is 140 Å². The summed E-state index contributed by atoms with van der Waals surface area (Å²) in [6, 6.07) is 0. The van der Waals surface area contributed by atoms with Gasteiger partial charge in [-0.1, -0.05) is 0 Å². The van der Waals surface area contributed by atoms with Crippen LogP contribution in [0.3, 0.4) is 0 Å². The molecule has 0 spiro atoms. The van der Waals surface area contributed by atoms with Crippen LogP contribution in [0.2, 0.25) is 0 Å². The molecule has 1 aliphatic heterocycles. The van der Waals surface area contributed by atoms with Gasteiger partial charge in [-0.05, 0) is 41.5 Å². The molecule has 23 heavy (non-hydrogen) atoms. The van der Waals surface area contributed by atoms with E-state index in [0.717, 1.165) is 0 Å². The third-order valence-electron chi connectivity index (χ3n) is 3.81. The highest BCUT2D eigenvalue weighted by Crippen LogP contribution is 2.20. The molecule has 6 heteroatoms. The molecule has 1 amide bonds. The second kappa shape index (κ2) is 7.81. The van der Waals surface area contributed by atoms with E-state index >= 15 is 0 Å². The van der Waals surface area contributed by atoms with Crippen molar-refractivity contribution in [2.45, 2.75) is 71.1 Å². The van der Waals surface area contributed by atoms with Gasteiger partial charge in [0.2, 0.25) is 0 Å². The Kier molecular flexibility index (Phi) is 6.86. The summed E-state index contributed by atoms with van der Waals surface area (Å²) in [5.41, 5.74) is -1.53. The largest absolute Gasteiger partial charge is 0.444 e. The van der Waals surface area contributed by atoms with Crippen LogP contribution < -0.4 is 5.32 Å². The maximum Gasteiger partial charge on any atom is 0.410 e. The van der Waals surface area contributed by atoms with Crippen molar-refractivity contribution in [3.05, 3.63) is 0 Å². The lowest BCUT2D eigenvalue weighted by molar-refractivity contribution is -0.0617. The minimum Gasteiger partial charge on any atom is -0.444 e. The minimum absolute atomic E-state index is 0.309. The maximum absolute atomic E-state index is 12.4. The molecular formula is C17H34N2O4. The topological polar surface area (TPSA) is 71.0 Å². The molecule has 6 nitrogen and oxygen atoms in total. The second-order valence-electron chi connectivity index (χ2n) is 8.32. The molecule has 0 unspecified atom stereocenters. The summed E-state index contributed by atoms with van der Waals surface area (Å²) in [7, 11) is 0. The summed E-state index contributed by atoms with van der Waals surface area (Å²) in [6.07, 6.45) is 0.987. The fraction of sp³-hybridized carbons (Fsp3) is 0.941. The molecule has 1 heterocycles.